The zero-order chi connectivity index (χ0) is 42.2. The molecule has 5 aromatic carbocycles. The number of hydrogen-bond donors (Lipinski definition) is 3. The molecule has 4 nitrogen and oxygen atoms in total. The molecule has 0 aliphatic rings. The van der Waals surface area contributed by atoms with Crippen molar-refractivity contribution < 1.29 is 19.5 Å². The fourth-order valence-electron chi connectivity index (χ4n) is 8.54. The first kappa shape index (κ1) is 44.7. The maximum atomic E-state index is 13.1. The van der Waals surface area contributed by atoms with Gasteiger partial charge in [-0.1, -0.05) is 0 Å². The van der Waals surface area contributed by atoms with Gasteiger partial charge in [-0.25, -0.2) is 0 Å². The Labute approximate surface area is 344 Å². The van der Waals surface area contributed by atoms with Gasteiger partial charge in [-0.3, -0.25) is 0 Å². The number of carbonyl (C=O) groups is 1. The van der Waals surface area contributed by atoms with Gasteiger partial charge < -0.3 is 0 Å². The predicted octanol–water partition coefficient (Wildman–Crippen LogP) is 14.2. The van der Waals surface area contributed by atoms with E-state index in [-0.39, 0.29) is 34.1 Å². The zero-order valence-electron chi connectivity index (χ0n) is 37.3. The molecule has 0 aliphatic heterocycles. The number of benzene rings is 5. The predicted molar refractivity (Wildman–Crippen MR) is 248 cm³/mol. The van der Waals surface area contributed by atoms with Gasteiger partial charge in [0.1, 0.15) is 0 Å². The first-order valence-electron chi connectivity index (χ1n) is 22.0. The average Bonchev–Trinajstić information content (AvgIpc) is 3.22. The van der Waals surface area contributed by atoms with Crippen LogP contribution in [0.15, 0.2) is 66.7 Å². The van der Waals surface area contributed by atoms with Gasteiger partial charge in [0.2, 0.25) is 0 Å². The monoisotopic (exact) mass is 791 g/mol. The van der Waals surface area contributed by atoms with Crippen LogP contribution in [0.5, 0.6) is 0 Å². The molecule has 0 spiro atoms. The molecule has 0 heterocycles. The zero-order valence-corrected chi connectivity index (χ0v) is 38.1. The molecular weight excluding hydrogens is 720 g/mol. The van der Waals surface area contributed by atoms with E-state index in [0.717, 1.165) is 76.9 Å². The molecule has 0 fully saturated rings. The van der Waals surface area contributed by atoms with E-state index in [2.05, 4.69) is 126 Å². The van der Waals surface area contributed by atoms with Gasteiger partial charge in [0.15, 0.2) is 0 Å². The van der Waals surface area contributed by atoms with Crippen molar-refractivity contribution in [1.82, 2.24) is 0 Å². The summed E-state index contributed by atoms with van der Waals surface area (Å²) in [4.78, 5) is 52.4. The van der Waals surface area contributed by atoms with Crippen molar-refractivity contribution in [2.45, 2.75) is 164 Å². The molecule has 0 radical (unpaired) electrons. The Hall–Kier alpha value is -3.40. The molecule has 5 heteroatoms. The fraction of sp³-hybridized carbons (Fsp3) is 0.481. The standard InChI is InChI=1S/C52H71O4P/c1-14-31(7)39-22-41-27-45(35(11)18-5)49(29-47(41)43(25-39)33(9)16-3)50-24-38(37(13)53)20-21-51(50)57(54,55,56)52-30-48-42(28-46(52)36(12)19-6)23-40(32(8)15-2)26-44(48)34(10)17-4/h20-36,54-56H,14-19H2,1-13H3. The van der Waals surface area contributed by atoms with Crippen LogP contribution in [0.2, 0.25) is 0 Å². The van der Waals surface area contributed by atoms with Crippen LogP contribution in [-0.2, 0) is 0 Å². The topological polar surface area (TPSA) is 77.8 Å². The fourth-order valence-corrected chi connectivity index (χ4v) is 10.9. The summed E-state index contributed by atoms with van der Waals surface area (Å²) in [5.41, 5.74) is 8.62. The molecule has 0 saturated heterocycles. The number of ketones is 1. The van der Waals surface area contributed by atoms with Gasteiger partial charge in [-0.2, -0.15) is 0 Å². The van der Waals surface area contributed by atoms with Gasteiger partial charge in [0.05, 0.1) is 0 Å². The van der Waals surface area contributed by atoms with Crippen LogP contribution in [0.25, 0.3) is 32.7 Å². The Bertz CT molecular complexity index is 2260. The molecule has 6 unspecified atom stereocenters. The van der Waals surface area contributed by atoms with Crippen molar-refractivity contribution in [2.75, 3.05) is 0 Å². The molecule has 57 heavy (non-hydrogen) atoms. The van der Waals surface area contributed by atoms with Crippen LogP contribution < -0.4 is 10.6 Å². The second-order valence-electron chi connectivity index (χ2n) is 17.6. The number of Topliss-reactive ketones (excluding diaryl/α,β-unsaturated/α-hetero) is 1. The number of rotatable bonds is 16. The number of hydrogen-bond acceptors (Lipinski definition) is 4. The van der Waals surface area contributed by atoms with Gasteiger partial charge in [-0.15, -0.1) is 0 Å². The number of fused-ring (bicyclic) bond motifs is 2. The second kappa shape index (κ2) is 17.4. The third-order valence-corrected chi connectivity index (χ3v) is 16.4. The van der Waals surface area contributed by atoms with E-state index in [1.807, 2.05) is 6.07 Å². The van der Waals surface area contributed by atoms with Crippen LogP contribution in [0.1, 0.15) is 208 Å². The molecule has 3 N–H and O–H groups in total. The van der Waals surface area contributed by atoms with Gasteiger partial charge >= 0.3 is 346 Å². The summed E-state index contributed by atoms with van der Waals surface area (Å²) in [6, 6.07) is 22.8. The second-order valence-corrected chi connectivity index (χ2v) is 20.6. The first-order valence-corrected chi connectivity index (χ1v) is 24.1. The van der Waals surface area contributed by atoms with Crippen molar-refractivity contribution in [3.05, 3.63) is 106 Å². The van der Waals surface area contributed by atoms with Crippen LogP contribution in [0.3, 0.4) is 0 Å². The van der Waals surface area contributed by atoms with Crippen molar-refractivity contribution in [2.24, 2.45) is 0 Å². The van der Waals surface area contributed by atoms with Gasteiger partial charge in [0, 0.05) is 0 Å². The minimum absolute atomic E-state index is 0.0641. The molecule has 0 bridgehead atoms. The average molecular weight is 791 g/mol. The van der Waals surface area contributed by atoms with E-state index in [4.69, 9.17) is 0 Å². The van der Waals surface area contributed by atoms with Crippen LogP contribution in [0.4, 0.5) is 0 Å². The Balaban J connectivity index is 1.96. The Morgan fingerprint density at radius 3 is 1.35 bits per heavy atom. The Morgan fingerprint density at radius 1 is 0.474 bits per heavy atom. The van der Waals surface area contributed by atoms with Crippen molar-refractivity contribution in [3.63, 3.8) is 0 Å². The van der Waals surface area contributed by atoms with E-state index in [1.165, 1.54) is 29.0 Å². The van der Waals surface area contributed by atoms with Gasteiger partial charge in [-0.05, 0) is 0 Å². The molecule has 6 atom stereocenters. The van der Waals surface area contributed by atoms with Crippen molar-refractivity contribution >= 4 is 45.2 Å². The summed E-state index contributed by atoms with van der Waals surface area (Å²) in [5, 5.41) is 4.54. The minimum atomic E-state index is -5.93. The molecule has 5 rings (SSSR count). The van der Waals surface area contributed by atoms with Crippen LogP contribution in [-0.4, -0.2) is 20.5 Å². The van der Waals surface area contributed by atoms with Gasteiger partial charge in [0.25, 0.3) is 0 Å². The third-order valence-electron chi connectivity index (χ3n) is 13.8. The van der Waals surface area contributed by atoms with Crippen LogP contribution in [0, 0.1) is 0 Å². The summed E-state index contributed by atoms with van der Waals surface area (Å²) in [7, 11) is -5.93. The molecule has 0 saturated carbocycles. The molecule has 5 aromatic rings. The molecule has 0 aliphatic carbocycles. The summed E-state index contributed by atoms with van der Waals surface area (Å²) >= 11 is 0. The van der Waals surface area contributed by atoms with Crippen molar-refractivity contribution in [1.29, 1.82) is 0 Å². The summed E-state index contributed by atoms with van der Waals surface area (Å²) in [6.45, 7) is 28.0. The summed E-state index contributed by atoms with van der Waals surface area (Å²) in [6.07, 6.45) is 5.59. The van der Waals surface area contributed by atoms with E-state index in [9.17, 15) is 19.5 Å². The molecule has 0 amide bonds. The molecular formula is C52H71O4P. The SMILES string of the molecule is CCC(C)c1cc(C(C)CC)c2cc(-c3cc(C(C)=O)ccc3P(O)(O)(O)c3cc4c(C(C)CC)cc(C(C)CC)cc4cc3C(C)CC)c(C(C)CC)cc2c1. The third kappa shape index (κ3) is 8.54. The van der Waals surface area contributed by atoms with E-state index in [0.29, 0.717) is 28.9 Å². The van der Waals surface area contributed by atoms with Crippen molar-refractivity contribution in [3.8, 4) is 11.1 Å². The Morgan fingerprint density at radius 2 is 0.895 bits per heavy atom. The summed E-state index contributed by atoms with van der Waals surface area (Å²) in [5.74, 6) is 1.25. The quantitative estimate of drug-likeness (QED) is 0.0687. The molecule has 308 valence electrons. The number of carbonyl (C=O) groups excluding carboxylic acids is 1. The van der Waals surface area contributed by atoms with Crippen LogP contribution >= 0.6 is 7.28 Å². The van der Waals surface area contributed by atoms with E-state index >= 15 is 0 Å². The van der Waals surface area contributed by atoms with E-state index < -0.39 is 7.28 Å². The molecule has 0 aromatic heterocycles. The first-order chi connectivity index (χ1) is 26.8. The normalized spacial score (nSPS) is 16.2. The van der Waals surface area contributed by atoms with E-state index in [1.54, 1.807) is 18.2 Å². The Kier molecular flexibility index (Phi) is 13.7. The summed E-state index contributed by atoms with van der Waals surface area (Å²) < 4.78 is 0. The maximum absolute atomic E-state index is 13.1.